The molecule has 0 amide bonds. The van der Waals surface area contributed by atoms with Gasteiger partial charge in [-0.3, -0.25) is 0 Å². The minimum atomic E-state index is -0.287. The molecule has 7 heteroatoms. The van der Waals surface area contributed by atoms with Crippen molar-refractivity contribution in [1.82, 2.24) is 25.2 Å². The van der Waals surface area contributed by atoms with Crippen LogP contribution >= 0.6 is 0 Å². The molecule has 19 heavy (non-hydrogen) atoms. The lowest BCUT2D eigenvalue weighted by Gasteiger charge is -2.04. The zero-order chi connectivity index (χ0) is 13.2. The summed E-state index contributed by atoms with van der Waals surface area (Å²) in [6.45, 7) is 1.87. The predicted octanol–water partition coefficient (Wildman–Crippen LogP) is 2.08. The highest BCUT2D eigenvalue weighted by Crippen LogP contribution is 2.24. The van der Waals surface area contributed by atoms with Gasteiger partial charge in [0, 0.05) is 5.56 Å². The number of rotatable bonds is 3. The van der Waals surface area contributed by atoms with Gasteiger partial charge in [0.05, 0.1) is 6.20 Å². The van der Waals surface area contributed by atoms with Crippen molar-refractivity contribution < 1.29 is 8.81 Å². The summed E-state index contributed by atoms with van der Waals surface area (Å²) in [5.74, 6) is 0.784. The number of halogens is 1. The smallest absolute Gasteiger partial charge is 0.219 e. The second-order valence-corrected chi connectivity index (χ2v) is 4.04. The number of hydrogen-bond donors (Lipinski definition) is 0. The standard InChI is InChI=1S/C12H10FN5O/c1-8(18-7-15-16-17-18)12-14-6-11(19-12)9-2-4-10(13)5-3-9/h2-8H,1H3. The Morgan fingerprint density at radius 1 is 1.26 bits per heavy atom. The van der Waals surface area contributed by atoms with Crippen molar-refractivity contribution in [3.05, 3.63) is 48.5 Å². The molecule has 0 aliphatic carbocycles. The van der Waals surface area contributed by atoms with Gasteiger partial charge in [0.15, 0.2) is 5.76 Å². The molecule has 6 nitrogen and oxygen atoms in total. The molecule has 1 atom stereocenters. The van der Waals surface area contributed by atoms with Gasteiger partial charge < -0.3 is 4.42 Å². The summed E-state index contributed by atoms with van der Waals surface area (Å²) < 4.78 is 20.0. The first-order valence-corrected chi connectivity index (χ1v) is 5.68. The van der Waals surface area contributed by atoms with Crippen LogP contribution in [0.4, 0.5) is 4.39 Å². The van der Waals surface area contributed by atoms with E-state index in [1.807, 2.05) is 6.92 Å². The average molecular weight is 259 g/mol. The van der Waals surface area contributed by atoms with Crippen LogP contribution in [0, 0.1) is 5.82 Å². The van der Waals surface area contributed by atoms with Crippen molar-refractivity contribution in [1.29, 1.82) is 0 Å². The fourth-order valence-corrected chi connectivity index (χ4v) is 1.69. The van der Waals surface area contributed by atoms with E-state index in [1.54, 1.807) is 23.0 Å². The molecule has 0 aliphatic rings. The summed E-state index contributed by atoms with van der Waals surface area (Å²) >= 11 is 0. The van der Waals surface area contributed by atoms with Crippen molar-refractivity contribution in [2.24, 2.45) is 0 Å². The first-order valence-electron chi connectivity index (χ1n) is 5.68. The molecule has 2 heterocycles. The lowest BCUT2D eigenvalue weighted by Crippen LogP contribution is -2.07. The van der Waals surface area contributed by atoms with Crippen LogP contribution in [0.25, 0.3) is 11.3 Å². The Labute approximate surface area is 107 Å². The quantitative estimate of drug-likeness (QED) is 0.720. The third-order valence-electron chi connectivity index (χ3n) is 2.77. The molecule has 0 bridgehead atoms. The molecule has 0 fully saturated rings. The summed E-state index contributed by atoms with van der Waals surface area (Å²) in [4.78, 5) is 4.19. The van der Waals surface area contributed by atoms with Crippen LogP contribution in [0.3, 0.4) is 0 Å². The Morgan fingerprint density at radius 2 is 2.05 bits per heavy atom. The fraction of sp³-hybridized carbons (Fsp3) is 0.167. The van der Waals surface area contributed by atoms with E-state index >= 15 is 0 Å². The molecule has 0 N–H and O–H groups in total. The minimum absolute atomic E-state index is 0.204. The molecule has 0 aliphatic heterocycles. The van der Waals surface area contributed by atoms with Gasteiger partial charge in [-0.25, -0.2) is 14.1 Å². The van der Waals surface area contributed by atoms with Crippen LogP contribution in [0.1, 0.15) is 18.9 Å². The summed E-state index contributed by atoms with van der Waals surface area (Å²) in [6.07, 6.45) is 3.09. The van der Waals surface area contributed by atoms with Gasteiger partial charge in [0.25, 0.3) is 0 Å². The minimum Gasteiger partial charge on any atom is -0.438 e. The third-order valence-corrected chi connectivity index (χ3v) is 2.77. The molecule has 0 radical (unpaired) electrons. The van der Waals surface area contributed by atoms with Crippen molar-refractivity contribution in [3.8, 4) is 11.3 Å². The van der Waals surface area contributed by atoms with Gasteiger partial charge >= 0.3 is 0 Å². The van der Waals surface area contributed by atoms with Gasteiger partial charge in [-0.05, 0) is 41.6 Å². The fourth-order valence-electron chi connectivity index (χ4n) is 1.69. The second-order valence-electron chi connectivity index (χ2n) is 4.04. The Balaban J connectivity index is 1.89. The molecular weight excluding hydrogens is 249 g/mol. The monoisotopic (exact) mass is 259 g/mol. The largest absolute Gasteiger partial charge is 0.438 e. The van der Waals surface area contributed by atoms with Gasteiger partial charge in [-0.2, -0.15) is 0 Å². The van der Waals surface area contributed by atoms with Gasteiger partial charge in [0.1, 0.15) is 18.2 Å². The van der Waals surface area contributed by atoms with Crippen LogP contribution in [0.15, 0.2) is 41.2 Å². The predicted molar refractivity (Wildman–Crippen MR) is 63.5 cm³/mol. The molecule has 96 valence electrons. The lowest BCUT2D eigenvalue weighted by atomic mass is 10.2. The van der Waals surface area contributed by atoms with E-state index in [-0.39, 0.29) is 11.9 Å². The number of oxazole rings is 1. The Hall–Kier alpha value is -2.57. The van der Waals surface area contributed by atoms with E-state index in [9.17, 15) is 4.39 Å². The highest BCUT2D eigenvalue weighted by molar-refractivity contribution is 5.55. The number of aromatic nitrogens is 5. The van der Waals surface area contributed by atoms with E-state index in [1.165, 1.54) is 18.5 Å². The Morgan fingerprint density at radius 3 is 2.74 bits per heavy atom. The topological polar surface area (TPSA) is 69.6 Å². The number of tetrazole rings is 1. The van der Waals surface area contributed by atoms with Gasteiger partial charge in [0.2, 0.25) is 5.89 Å². The summed E-state index contributed by atoms with van der Waals surface area (Å²) in [5.41, 5.74) is 0.768. The zero-order valence-electron chi connectivity index (χ0n) is 10.1. The molecule has 3 rings (SSSR count). The SMILES string of the molecule is CC(c1ncc(-c2ccc(F)cc2)o1)n1cnnn1. The van der Waals surface area contributed by atoms with E-state index < -0.39 is 0 Å². The van der Waals surface area contributed by atoms with Crippen molar-refractivity contribution in [3.63, 3.8) is 0 Å². The average Bonchev–Trinajstić information content (AvgIpc) is 3.10. The first-order chi connectivity index (χ1) is 9.24. The van der Waals surface area contributed by atoms with Crippen LogP contribution in [0.2, 0.25) is 0 Å². The maximum absolute atomic E-state index is 12.8. The molecule has 0 spiro atoms. The number of nitrogens with zero attached hydrogens (tertiary/aromatic N) is 5. The molecule has 1 aromatic carbocycles. The Bertz CT molecular complexity index is 662. The Kier molecular flexibility index (Phi) is 2.79. The van der Waals surface area contributed by atoms with E-state index in [4.69, 9.17) is 4.42 Å². The van der Waals surface area contributed by atoms with Crippen LogP contribution in [-0.2, 0) is 0 Å². The molecule has 0 saturated heterocycles. The van der Waals surface area contributed by atoms with Crippen LogP contribution in [0.5, 0.6) is 0 Å². The summed E-state index contributed by atoms with van der Waals surface area (Å²) in [5, 5.41) is 10.9. The van der Waals surface area contributed by atoms with Crippen molar-refractivity contribution in [2.45, 2.75) is 13.0 Å². The van der Waals surface area contributed by atoms with E-state index in [2.05, 4.69) is 20.5 Å². The normalized spacial score (nSPS) is 12.5. The molecule has 3 aromatic rings. The molecule has 0 saturated carbocycles. The molecule has 1 unspecified atom stereocenters. The van der Waals surface area contributed by atoms with Crippen LogP contribution < -0.4 is 0 Å². The highest BCUT2D eigenvalue weighted by Gasteiger charge is 2.16. The van der Waals surface area contributed by atoms with Crippen LogP contribution in [-0.4, -0.2) is 25.2 Å². The zero-order valence-corrected chi connectivity index (χ0v) is 10.1. The number of hydrogen-bond acceptors (Lipinski definition) is 5. The molecule has 2 aromatic heterocycles. The van der Waals surface area contributed by atoms with Gasteiger partial charge in [-0.1, -0.05) is 0 Å². The third kappa shape index (κ3) is 2.22. The van der Waals surface area contributed by atoms with E-state index in [0.717, 1.165) is 5.56 Å². The maximum Gasteiger partial charge on any atom is 0.219 e. The maximum atomic E-state index is 12.8. The highest BCUT2D eigenvalue weighted by atomic mass is 19.1. The second kappa shape index (κ2) is 4.60. The number of benzene rings is 1. The van der Waals surface area contributed by atoms with Gasteiger partial charge in [-0.15, -0.1) is 5.10 Å². The van der Waals surface area contributed by atoms with Crippen molar-refractivity contribution in [2.75, 3.05) is 0 Å². The van der Waals surface area contributed by atoms with Crippen molar-refractivity contribution >= 4 is 0 Å². The summed E-state index contributed by atoms with van der Waals surface area (Å²) in [7, 11) is 0. The first kappa shape index (κ1) is 11.5. The lowest BCUT2D eigenvalue weighted by molar-refractivity contribution is 0.410. The van der Waals surface area contributed by atoms with E-state index in [0.29, 0.717) is 11.7 Å². The summed E-state index contributed by atoms with van der Waals surface area (Å²) in [6, 6.07) is 5.83. The molecular formula is C12H10FN5O.